The number of methoxy groups -OCH3 is 1. The van der Waals surface area contributed by atoms with Crippen molar-refractivity contribution in [3.8, 4) is 0 Å². The van der Waals surface area contributed by atoms with Gasteiger partial charge < -0.3 is 12.3 Å². The van der Waals surface area contributed by atoms with E-state index in [1.807, 2.05) is 12.7 Å². The molecule has 0 aliphatic heterocycles. The molecule has 0 aromatic rings. The quantitative estimate of drug-likeness (QED) is 0.369. The fourth-order valence-corrected chi connectivity index (χ4v) is 1.77. The van der Waals surface area contributed by atoms with E-state index >= 15 is 0 Å². The average molecular weight is 202 g/mol. The van der Waals surface area contributed by atoms with Gasteiger partial charge >= 0.3 is 14.8 Å². The first kappa shape index (κ1) is 12.5. The first-order valence-corrected chi connectivity index (χ1v) is 6.24. The van der Waals surface area contributed by atoms with Gasteiger partial charge in [0.15, 0.2) is 5.78 Å². The van der Waals surface area contributed by atoms with E-state index in [-0.39, 0.29) is 11.7 Å². The second kappa shape index (κ2) is 6.96. The third-order valence-electron chi connectivity index (χ3n) is 1.21. The Morgan fingerprint density at radius 3 is 2.54 bits per heavy atom. The lowest BCUT2D eigenvalue weighted by Crippen LogP contribution is -2.19. The highest BCUT2D eigenvalue weighted by molar-refractivity contribution is 6.42. The van der Waals surface area contributed by atoms with Gasteiger partial charge in [-0.3, -0.25) is 4.79 Å². The molecule has 0 aromatic heterocycles. The Labute approximate surface area is 83.5 Å². The maximum atomic E-state index is 10.7. The summed E-state index contributed by atoms with van der Waals surface area (Å²) < 4.78 is 15.4. The average Bonchev–Trinajstić information content (AvgIpc) is 2.02. The van der Waals surface area contributed by atoms with Crippen LogP contribution in [0.3, 0.4) is 0 Å². The van der Waals surface area contributed by atoms with E-state index in [9.17, 15) is 4.79 Å². The van der Waals surface area contributed by atoms with E-state index in [1.165, 1.54) is 20.1 Å². The fraction of sp³-hybridized carbons (Fsp3) is 0.625. The molecule has 5 heteroatoms. The number of rotatable bonds is 6. The molecule has 1 radical (unpaired) electrons. The molecule has 0 atom stereocenters. The summed E-state index contributed by atoms with van der Waals surface area (Å²) in [7, 11) is 1.46. The minimum atomic E-state index is -1.68. The summed E-state index contributed by atoms with van der Waals surface area (Å²) in [5.41, 5.74) is 0. The smallest absolute Gasteiger partial charge is 0.427 e. The van der Waals surface area contributed by atoms with E-state index in [0.717, 1.165) is 0 Å². The van der Waals surface area contributed by atoms with E-state index in [0.29, 0.717) is 6.61 Å². The van der Waals surface area contributed by atoms with Gasteiger partial charge in [-0.15, -0.1) is 0 Å². The number of hydrogen-bond acceptors (Lipinski definition) is 4. The Morgan fingerprint density at radius 1 is 1.54 bits per heavy atom. The summed E-state index contributed by atoms with van der Waals surface area (Å²) in [5.74, 6) is 2.01. The molecule has 0 amide bonds. The molecule has 0 spiro atoms. The normalized spacial score (nSPS) is 11.6. The Hall–Kier alpha value is -0.498. The highest BCUT2D eigenvalue weighted by Gasteiger charge is 2.02. The van der Waals surface area contributed by atoms with Crippen molar-refractivity contribution in [2.24, 2.45) is 0 Å². The van der Waals surface area contributed by atoms with Crippen molar-refractivity contribution in [2.45, 2.75) is 19.6 Å². The number of carbonyl (C=O) groups is 1. The molecule has 4 nitrogen and oxygen atoms in total. The summed E-state index contributed by atoms with van der Waals surface area (Å²) in [4.78, 5) is 10.7. The molecule has 0 N–H and O–H groups in total. The van der Waals surface area contributed by atoms with Crippen molar-refractivity contribution in [3.63, 3.8) is 0 Å². The number of hydrogen-bond donors (Lipinski definition) is 0. The largest absolute Gasteiger partial charge is 0.769 e. The molecule has 0 aliphatic carbocycles. The molecule has 0 aromatic carbocycles. The second-order valence-electron chi connectivity index (χ2n) is 2.42. The fourth-order valence-electron chi connectivity index (χ4n) is 0.739. The molecule has 0 rings (SSSR count). The van der Waals surface area contributed by atoms with Crippen LogP contribution in [0.5, 0.6) is 0 Å². The van der Waals surface area contributed by atoms with Crippen LogP contribution in [0.2, 0.25) is 5.79 Å². The minimum absolute atomic E-state index is 0.102. The maximum absolute atomic E-state index is 10.7. The van der Waals surface area contributed by atoms with Crippen LogP contribution in [-0.4, -0.2) is 34.3 Å². The standard InChI is InChI=1S/C5H8O3.C2H5O.CH3.Al/c1-4(6)3-5(7)8-2;1-2-3;;/h3,7H,1-2H3;2H2,1H3;1H3;/q;-1;;+1/p-1. The van der Waals surface area contributed by atoms with Gasteiger partial charge in [-0.25, -0.2) is 0 Å². The molecule has 0 saturated carbocycles. The van der Waals surface area contributed by atoms with Gasteiger partial charge in [0, 0.05) is 0 Å². The third-order valence-corrected chi connectivity index (χ3v) is 2.57. The SMILES string of the molecule is CC[O][Al-]([CH3])[O]C(=CC(C)=O)OC. The molecule has 0 bridgehead atoms. The van der Waals surface area contributed by atoms with E-state index in [1.54, 1.807) is 0 Å². The molecule has 0 fully saturated rings. The molecule has 0 saturated heterocycles. The predicted molar refractivity (Wildman–Crippen MR) is 50.1 cm³/mol. The Bertz CT molecular complexity index is 191. The van der Waals surface area contributed by atoms with Crippen molar-refractivity contribution in [3.05, 3.63) is 12.0 Å². The third kappa shape index (κ3) is 6.64. The van der Waals surface area contributed by atoms with Crippen molar-refractivity contribution >= 4 is 20.6 Å². The van der Waals surface area contributed by atoms with Gasteiger partial charge in [-0.2, -0.15) is 5.79 Å². The van der Waals surface area contributed by atoms with Crippen molar-refractivity contribution in [2.75, 3.05) is 13.7 Å². The number of carbonyl (C=O) groups excluding carboxylic acids is 1. The Balaban J connectivity index is 4.04. The van der Waals surface area contributed by atoms with Crippen LogP contribution in [0, 0.1) is 0 Å². The zero-order chi connectivity index (χ0) is 10.3. The first-order valence-electron chi connectivity index (χ1n) is 4.14. The van der Waals surface area contributed by atoms with Crippen LogP contribution < -0.4 is 0 Å². The van der Waals surface area contributed by atoms with Gasteiger partial charge in [0.25, 0.3) is 0 Å². The van der Waals surface area contributed by atoms with Crippen molar-refractivity contribution in [1.82, 2.24) is 0 Å². The lowest BCUT2D eigenvalue weighted by Gasteiger charge is -2.26. The molecule has 0 aliphatic rings. The highest BCUT2D eigenvalue weighted by Crippen LogP contribution is 2.02. The topological polar surface area (TPSA) is 44.8 Å². The Morgan fingerprint density at radius 2 is 2.15 bits per heavy atom. The molecular formula is C8H15AlO4-. The minimum Gasteiger partial charge on any atom is -0.769 e. The highest BCUT2D eigenvalue weighted by atomic mass is 27.2. The van der Waals surface area contributed by atoms with Gasteiger partial charge in [0.05, 0.1) is 13.2 Å². The van der Waals surface area contributed by atoms with Crippen LogP contribution in [0.1, 0.15) is 13.8 Å². The molecule has 0 unspecified atom stereocenters. The van der Waals surface area contributed by atoms with Gasteiger partial charge in [0.1, 0.15) is 0 Å². The van der Waals surface area contributed by atoms with Crippen molar-refractivity contribution < 1.29 is 17.1 Å². The lowest BCUT2D eigenvalue weighted by atomic mass is 10.4. The molecular weight excluding hydrogens is 187 g/mol. The van der Waals surface area contributed by atoms with Crippen LogP contribution in [-0.2, 0) is 17.1 Å². The van der Waals surface area contributed by atoms with E-state index in [4.69, 9.17) is 12.3 Å². The van der Waals surface area contributed by atoms with Gasteiger partial charge in [-0.05, 0) is 20.5 Å². The van der Waals surface area contributed by atoms with Crippen LogP contribution in [0.15, 0.2) is 12.0 Å². The zero-order valence-electron chi connectivity index (χ0n) is 8.49. The van der Waals surface area contributed by atoms with Crippen LogP contribution in [0.4, 0.5) is 0 Å². The lowest BCUT2D eigenvalue weighted by molar-refractivity contribution is -0.113. The summed E-state index contributed by atoms with van der Waals surface area (Å²) in [5, 5.41) is 0. The number of ketones is 1. The van der Waals surface area contributed by atoms with E-state index < -0.39 is 14.8 Å². The Kier molecular flexibility index (Phi) is 6.69. The summed E-state index contributed by atoms with van der Waals surface area (Å²) in [6.45, 7) is 3.95. The van der Waals surface area contributed by atoms with Crippen LogP contribution >= 0.6 is 0 Å². The summed E-state index contributed by atoms with van der Waals surface area (Å²) in [6.07, 6.45) is 1.31. The summed E-state index contributed by atoms with van der Waals surface area (Å²) >= 11 is -1.68. The number of ether oxygens (including phenoxy) is 1. The number of allylic oxidation sites excluding steroid dienone is 1. The summed E-state index contributed by atoms with van der Waals surface area (Å²) in [6, 6.07) is 0. The van der Waals surface area contributed by atoms with Gasteiger partial charge in [-0.1, -0.05) is 0 Å². The zero-order valence-corrected chi connectivity index (χ0v) is 9.65. The van der Waals surface area contributed by atoms with Crippen molar-refractivity contribution in [1.29, 1.82) is 0 Å². The maximum Gasteiger partial charge on any atom is 0.427 e. The second-order valence-corrected chi connectivity index (χ2v) is 4.12. The molecule has 75 valence electrons. The van der Waals surface area contributed by atoms with E-state index in [2.05, 4.69) is 0 Å². The predicted octanol–water partition coefficient (Wildman–Crippen LogP) is 1.23. The monoisotopic (exact) mass is 202 g/mol. The molecule has 13 heavy (non-hydrogen) atoms. The first-order chi connectivity index (χ1) is 6.10. The van der Waals surface area contributed by atoms with Gasteiger partial charge in [0.2, 0.25) is 5.95 Å². The molecule has 0 heterocycles. The van der Waals surface area contributed by atoms with Crippen LogP contribution in [0.25, 0.3) is 0 Å².